The van der Waals surface area contributed by atoms with Crippen LogP contribution in [0.15, 0.2) is 261 Å². The first-order valence-electron chi connectivity index (χ1n) is 25.8. The molecule has 0 saturated carbocycles. The van der Waals surface area contributed by atoms with Gasteiger partial charge >= 0.3 is 0 Å². The van der Waals surface area contributed by atoms with Gasteiger partial charge in [0.2, 0.25) is 0 Å². The van der Waals surface area contributed by atoms with Crippen LogP contribution < -0.4 is 0 Å². The lowest BCUT2D eigenvalue weighted by Crippen LogP contribution is -2.04. The Morgan fingerprint density at radius 2 is 0.610 bits per heavy atom. The molecule has 0 unspecified atom stereocenters. The molecule has 11 aromatic carbocycles. The molecule has 0 atom stereocenters. The van der Waals surface area contributed by atoms with Crippen molar-refractivity contribution in [3.8, 4) is 79.5 Å². The molecule has 358 valence electrons. The third-order valence-corrected chi connectivity index (χ3v) is 15.1. The van der Waals surface area contributed by atoms with E-state index in [2.05, 4.69) is 208 Å². The van der Waals surface area contributed by atoms with Crippen LogP contribution in [0.25, 0.3) is 139 Å². The van der Waals surface area contributed by atoms with Crippen LogP contribution in [0.2, 0.25) is 0 Å². The van der Waals surface area contributed by atoms with Gasteiger partial charge in [0, 0.05) is 71.5 Å². The zero-order valence-corrected chi connectivity index (χ0v) is 41.5. The van der Waals surface area contributed by atoms with E-state index in [0.717, 1.165) is 99.9 Å². The number of fused-ring (bicyclic) bond motifs is 9. The maximum atomic E-state index is 10.2. The van der Waals surface area contributed by atoms with Gasteiger partial charge in [0.05, 0.1) is 50.4 Å². The van der Waals surface area contributed by atoms with Crippen molar-refractivity contribution in [2.75, 3.05) is 0 Å². The fourth-order valence-corrected chi connectivity index (χ4v) is 11.6. The monoisotopic (exact) mass is 981 g/mol. The normalized spacial score (nSPS) is 11.6. The Morgan fingerprint density at radius 3 is 1.01 bits per heavy atom. The topological polar surface area (TPSA) is 77.2 Å². The van der Waals surface area contributed by atoms with E-state index in [4.69, 9.17) is 15.0 Å². The minimum absolute atomic E-state index is 0.552. The molecule has 0 aliphatic rings. The summed E-state index contributed by atoms with van der Waals surface area (Å²) in [6, 6.07) is 94.2. The summed E-state index contributed by atoms with van der Waals surface area (Å²) in [6.45, 7) is 0. The van der Waals surface area contributed by atoms with E-state index in [1.165, 1.54) is 21.5 Å². The minimum atomic E-state index is 0.552. The molecule has 0 spiro atoms. The van der Waals surface area contributed by atoms with Gasteiger partial charge in [-0.25, -0.2) is 15.0 Å². The summed E-state index contributed by atoms with van der Waals surface area (Å²) < 4.78 is 7.10. The molecular formula is C70H43N7. The van der Waals surface area contributed by atoms with Crippen LogP contribution in [0, 0.1) is 11.3 Å². The first-order valence-corrected chi connectivity index (χ1v) is 25.8. The Labute approximate surface area is 443 Å². The van der Waals surface area contributed by atoms with Crippen molar-refractivity contribution in [3.63, 3.8) is 0 Å². The van der Waals surface area contributed by atoms with Gasteiger partial charge in [0.25, 0.3) is 0 Å². The molecule has 4 aromatic heterocycles. The molecule has 4 heterocycles. The van der Waals surface area contributed by atoms with Crippen molar-refractivity contribution >= 4 is 65.4 Å². The second-order valence-electron chi connectivity index (χ2n) is 19.5. The number of hydrogen-bond donors (Lipinski definition) is 0. The molecule has 15 rings (SSSR count). The average molecular weight is 982 g/mol. The lowest BCUT2D eigenvalue weighted by molar-refractivity contribution is 1.07. The Balaban J connectivity index is 1.03. The molecule has 0 amide bonds. The summed E-state index contributed by atoms with van der Waals surface area (Å²) in [5.41, 5.74) is 16.9. The molecule has 15 aromatic rings. The maximum Gasteiger partial charge on any atom is 0.164 e. The largest absolute Gasteiger partial charge is 0.309 e. The Kier molecular flexibility index (Phi) is 10.1. The number of hydrogen-bond acceptors (Lipinski definition) is 4. The van der Waals surface area contributed by atoms with Gasteiger partial charge in [0.15, 0.2) is 17.5 Å². The number of para-hydroxylation sites is 5. The molecule has 0 fully saturated rings. The van der Waals surface area contributed by atoms with E-state index >= 15 is 0 Å². The third-order valence-electron chi connectivity index (χ3n) is 15.1. The van der Waals surface area contributed by atoms with Crippen LogP contribution in [-0.2, 0) is 0 Å². The maximum absolute atomic E-state index is 10.2. The number of aromatic nitrogens is 6. The van der Waals surface area contributed by atoms with Crippen molar-refractivity contribution < 1.29 is 0 Å². The molecule has 0 saturated heterocycles. The molecule has 0 aliphatic carbocycles. The second-order valence-corrected chi connectivity index (χ2v) is 19.5. The van der Waals surface area contributed by atoms with E-state index in [0.29, 0.717) is 23.0 Å². The second kappa shape index (κ2) is 17.8. The lowest BCUT2D eigenvalue weighted by Gasteiger charge is -2.21. The van der Waals surface area contributed by atoms with Crippen molar-refractivity contribution in [3.05, 3.63) is 266 Å². The van der Waals surface area contributed by atoms with Crippen LogP contribution in [0.4, 0.5) is 0 Å². The van der Waals surface area contributed by atoms with Gasteiger partial charge in [-0.3, -0.25) is 0 Å². The molecule has 0 radical (unpaired) electrons. The molecule has 0 N–H and O–H groups in total. The smallest absolute Gasteiger partial charge is 0.164 e. The average Bonchev–Trinajstić information content (AvgIpc) is 4.26. The molecule has 7 nitrogen and oxygen atoms in total. The Morgan fingerprint density at radius 1 is 0.273 bits per heavy atom. The van der Waals surface area contributed by atoms with Crippen LogP contribution in [-0.4, -0.2) is 28.7 Å². The minimum Gasteiger partial charge on any atom is -0.309 e. The van der Waals surface area contributed by atoms with Gasteiger partial charge < -0.3 is 13.7 Å². The summed E-state index contributed by atoms with van der Waals surface area (Å²) in [7, 11) is 0. The highest BCUT2D eigenvalue weighted by Crippen LogP contribution is 2.45. The highest BCUT2D eigenvalue weighted by molar-refractivity contribution is 6.12. The van der Waals surface area contributed by atoms with E-state index in [1.54, 1.807) is 0 Å². The highest BCUT2D eigenvalue weighted by atomic mass is 15.0. The van der Waals surface area contributed by atoms with Crippen LogP contribution in [0.3, 0.4) is 0 Å². The van der Waals surface area contributed by atoms with Crippen LogP contribution >= 0.6 is 0 Å². The first-order chi connectivity index (χ1) is 38.1. The van der Waals surface area contributed by atoms with Gasteiger partial charge in [-0.2, -0.15) is 5.26 Å². The third kappa shape index (κ3) is 7.15. The predicted octanol–water partition coefficient (Wildman–Crippen LogP) is 17.4. The van der Waals surface area contributed by atoms with Gasteiger partial charge in [-0.05, 0) is 96.1 Å². The molecule has 0 aliphatic heterocycles. The summed E-state index contributed by atoms with van der Waals surface area (Å²) in [5, 5.41) is 17.1. The van der Waals surface area contributed by atoms with Crippen molar-refractivity contribution in [1.82, 2.24) is 28.7 Å². The SMILES string of the molecule is N#Cc1ccc2c(c1)c1ccccc1n2-c1c(-c2ccc(-n3c4ccccc4c4ccccc43)cc2)cc(-c2nc(-c3ccccc3)nc(-c3ccccc3)n2)cc1-c1ccc(-n2c3ccccc3c3ccccc32)cc1. The Hall–Kier alpha value is -10.7. The van der Waals surface area contributed by atoms with Crippen LogP contribution in [0.1, 0.15) is 5.56 Å². The van der Waals surface area contributed by atoms with E-state index in [-0.39, 0.29) is 0 Å². The van der Waals surface area contributed by atoms with Gasteiger partial charge in [0.1, 0.15) is 0 Å². The first kappa shape index (κ1) is 43.9. The summed E-state index contributed by atoms with van der Waals surface area (Å²) in [5.74, 6) is 1.73. The molecular weight excluding hydrogens is 939 g/mol. The number of nitriles is 1. The number of benzene rings is 11. The van der Waals surface area contributed by atoms with E-state index in [1.807, 2.05) is 72.8 Å². The number of nitrogens with zero attached hydrogens (tertiary/aromatic N) is 7. The fourth-order valence-electron chi connectivity index (χ4n) is 11.6. The zero-order valence-electron chi connectivity index (χ0n) is 41.5. The van der Waals surface area contributed by atoms with Gasteiger partial charge in [-0.15, -0.1) is 0 Å². The van der Waals surface area contributed by atoms with Crippen LogP contribution in [0.5, 0.6) is 0 Å². The standard InChI is InChI=1S/C70H43N7/c71-44-45-31-40-66-60(41-45)57-25-11-16-30-65(57)77(66)67-58(46-32-36-51(37-33-46)75-61-26-12-7-21-53(61)54-22-8-13-27-62(54)75)42-50(70-73-68(48-17-3-1-4-18-48)72-69(74-70)49-19-5-2-6-20-49)43-59(67)47-34-38-52(39-35-47)76-63-28-14-9-23-55(63)56-24-10-15-29-64(56)76/h1-43H. The number of rotatable bonds is 8. The fraction of sp³-hybridized carbons (Fsp3) is 0. The van der Waals surface area contributed by atoms with E-state index in [9.17, 15) is 5.26 Å². The van der Waals surface area contributed by atoms with Crippen molar-refractivity contribution in [1.29, 1.82) is 5.26 Å². The lowest BCUT2D eigenvalue weighted by atomic mass is 9.92. The highest BCUT2D eigenvalue weighted by Gasteiger charge is 2.24. The molecule has 77 heavy (non-hydrogen) atoms. The summed E-state index contributed by atoms with van der Waals surface area (Å²) in [6.07, 6.45) is 0. The van der Waals surface area contributed by atoms with Crippen molar-refractivity contribution in [2.24, 2.45) is 0 Å². The van der Waals surface area contributed by atoms with Crippen molar-refractivity contribution in [2.45, 2.75) is 0 Å². The van der Waals surface area contributed by atoms with Gasteiger partial charge in [-0.1, -0.05) is 176 Å². The summed E-state index contributed by atoms with van der Waals surface area (Å²) in [4.78, 5) is 15.8. The molecule has 7 heteroatoms. The summed E-state index contributed by atoms with van der Waals surface area (Å²) >= 11 is 0. The quantitative estimate of drug-likeness (QED) is 0.152. The van der Waals surface area contributed by atoms with E-state index < -0.39 is 0 Å². The Bertz CT molecular complexity index is 4500. The molecule has 0 bridgehead atoms. The zero-order chi connectivity index (χ0) is 51.0. The predicted molar refractivity (Wildman–Crippen MR) is 315 cm³/mol.